The molecule has 0 amide bonds. The highest BCUT2D eigenvalue weighted by Gasteiger charge is 2.21. The number of hydrogen-bond donors (Lipinski definition) is 2. The van der Waals surface area contributed by atoms with E-state index >= 15 is 0 Å². The van der Waals surface area contributed by atoms with Crippen LogP contribution >= 0.6 is 0 Å². The topological polar surface area (TPSA) is 66.8 Å². The summed E-state index contributed by atoms with van der Waals surface area (Å²) in [5, 5.41) is 18.8. The van der Waals surface area contributed by atoms with Crippen LogP contribution in [0.3, 0.4) is 0 Å². The molecule has 4 heteroatoms. The normalized spacial score (nSPS) is 23.3. The third kappa shape index (κ3) is 3.55. The first-order chi connectivity index (χ1) is 9.08. The molecule has 0 unspecified atom stereocenters. The van der Waals surface area contributed by atoms with E-state index in [4.69, 9.17) is 4.74 Å². The van der Waals surface area contributed by atoms with E-state index in [2.05, 4.69) is 0 Å². The van der Waals surface area contributed by atoms with Crippen LogP contribution < -0.4 is 0 Å². The number of ether oxygens (including phenoxy) is 1. The summed E-state index contributed by atoms with van der Waals surface area (Å²) in [6.45, 7) is 2.08. The molecule has 4 nitrogen and oxygen atoms in total. The zero-order valence-electron chi connectivity index (χ0n) is 11.1. The number of carboxylic acids is 1. The molecule has 1 aromatic carbocycles. The van der Waals surface area contributed by atoms with Gasteiger partial charge in [0.05, 0.1) is 24.4 Å². The Morgan fingerprint density at radius 3 is 2.89 bits per heavy atom. The molecule has 2 rings (SSSR count). The van der Waals surface area contributed by atoms with Crippen molar-refractivity contribution in [2.45, 2.75) is 51.4 Å². The summed E-state index contributed by atoms with van der Waals surface area (Å²) < 4.78 is 5.76. The number of aliphatic hydroxyl groups excluding tert-OH is 1. The number of benzene rings is 1. The molecule has 0 aromatic heterocycles. The summed E-state index contributed by atoms with van der Waals surface area (Å²) >= 11 is 0. The van der Waals surface area contributed by atoms with Crippen LogP contribution in [0.1, 0.15) is 47.2 Å². The van der Waals surface area contributed by atoms with E-state index in [1.54, 1.807) is 19.1 Å². The Morgan fingerprint density at radius 2 is 2.21 bits per heavy atom. The second-order valence-electron chi connectivity index (χ2n) is 5.17. The van der Waals surface area contributed by atoms with Crippen LogP contribution in [-0.2, 0) is 11.3 Å². The van der Waals surface area contributed by atoms with E-state index in [0.29, 0.717) is 24.2 Å². The van der Waals surface area contributed by atoms with Gasteiger partial charge in [0.25, 0.3) is 0 Å². The van der Waals surface area contributed by atoms with Gasteiger partial charge in [-0.05, 0) is 43.7 Å². The third-order valence-corrected chi connectivity index (χ3v) is 3.65. The van der Waals surface area contributed by atoms with Crippen LogP contribution in [0.15, 0.2) is 18.2 Å². The minimum absolute atomic E-state index is 0.0332. The zero-order valence-corrected chi connectivity index (χ0v) is 11.1. The Morgan fingerprint density at radius 1 is 1.42 bits per heavy atom. The lowest BCUT2D eigenvalue weighted by atomic mass is 9.95. The summed E-state index contributed by atoms with van der Waals surface area (Å²) in [4.78, 5) is 11.3. The number of aromatic carboxylic acids is 1. The number of hydrogen-bond acceptors (Lipinski definition) is 3. The first kappa shape index (κ1) is 14.0. The third-order valence-electron chi connectivity index (χ3n) is 3.65. The van der Waals surface area contributed by atoms with E-state index in [0.717, 1.165) is 24.8 Å². The minimum atomic E-state index is -0.916. The van der Waals surface area contributed by atoms with Crippen molar-refractivity contribution in [3.63, 3.8) is 0 Å². The monoisotopic (exact) mass is 264 g/mol. The van der Waals surface area contributed by atoms with Crippen molar-refractivity contribution in [3.8, 4) is 0 Å². The van der Waals surface area contributed by atoms with Crippen molar-refractivity contribution in [3.05, 3.63) is 34.9 Å². The lowest BCUT2D eigenvalue weighted by Crippen LogP contribution is -2.26. The van der Waals surface area contributed by atoms with Gasteiger partial charge in [-0.15, -0.1) is 0 Å². The van der Waals surface area contributed by atoms with Crippen molar-refractivity contribution in [2.24, 2.45) is 0 Å². The highest BCUT2D eigenvalue weighted by molar-refractivity contribution is 5.91. The van der Waals surface area contributed by atoms with Gasteiger partial charge in [-0.2, -0.15) is 0 Å². The van der Waals surface area contributed by atoms with E-state index in [9.17, 15) is 15.0 Å². The first-order valence-electron chi connectivity index (χ1n) is 6.69. The Labute approximate surface area is 113 Å². The van der Waals surface area contributed by atoms with Gasteiger partial charge in [0.15, 0.2) is 0 Å². The molecule has 0 saturated heterocycles. The molecule has 0 heterocycles. The smallest absolute Gasteiger partial charge is 0.336 e. The quantitative estimate of drug-likeness (QED) is 0.877. The molecule has 0 aliphatic heterocycles. The maximum absolute atomic E-state index is 11.3. The molecule has 0 bridgehead atoms. The van der Waals surface area contributed by atoms with Crippen LogP contribution in [-0.4, -0.2) is 28.4 Å². The van der Waals surface area contributed by atoms with Crippen LogP contribution in [0.5, 0.6) is 0 Å². The van der Waals surface area contributed by atoms with Crippen molar-refractivity contribution in [1.82, 2.24) is 0 Å². The predicted molar refractivity (Wildman–Crippen MR) is 71.2 cm³/mol. The van der Waals surface area contributed by atoms with Gasteiger partial charge in [0.1, 0.15) is 0 Å². The summed E-state index contributed by atoms with van der Waals surface area (Å²) in [5.41, 5.74) is 1.78. The van der Waals surface area contributed by atoms with Gasteiger partial charge in [0, 0.05) is 0 Å². The van der Waals surface area contributed by atoms with E-state index in [1.807, 2.05) is 6.07 Å². The molecule has 1 aromatic rings. The average molecular weight is 264 g/mol. The maximum Gasteiger partial charge on any atom is 0.336 e. The Bertz CT molecular complexity index is 455. The Balaban J connectivity index is 2.03. The van der Waals surface area contributed by atoms with Gasteiger partial charge in [0.2, 0.25) is 0 Å². The molecule has 2 N–H and O–H groups in total. The van der Waals surface area contributed by atoms with Crippen molar-refractivity contribution >= 4 is 5.97 Å². The summed E-state index contributed by atoms with van der Waals surface area (Å²) in [7, 11) is 0. The highest BCUT2D eigenvalue weighted by Crippen LogP contribution is 2.23. The number of aliphatic hydroxyl groups is 1. The number of aryl methyl sites for hydroxylation is 1. The minimum Gasteiger partial charge on any atom is -0.478 e. The lowest BCUT2D eigenvalue weighted by Gasteiger charge is -2.26. The van der Waals surface area contributed by atoms with Crippen molar-refractivity contribution in [2.75, 3.05) is 0 Å². The fourth-order valence-electron chi connectivity index (χ4n) is 2.63. The molecule has 1 aliphatic carbocycles. The molecule has 0 radical (unpaired) electrons. The average Bonchev–Trinajstić information content (AvgIpc) is 2.36. The summed E-state index contributed by atoms with van der Waals surface area (Å²) in [6, 6.07) is 5.42. The number of rotatable bonds is 4. The molecular weight excluding hydrogens is 244 g/mol. The molecule has 19 heavy (non-hydrogen) atoms. The Kier molecular flexibility index (Phi) is 4.56. The van der Waals surface area contributed by atoms with Crippen molar-refractivity contribution in [1.29, 1.82) is 0 Å². The number of carbonyl (C=O) groups is 1. The molecule has 1 saturated carbocycles. The predicted octanol–water partition coefficient (Wildman–Crippen LogP) is 2.51. The van der Waals surface area contributed by atoms with Gasteiger partial charge in [-0.3, -0.25) is 0 Å². The molecule has 2 atom stereocenters. The zero-order chi connectivity index (χ0) is 13.8. The highest BCUT2D eigenvalue weighted by atomic mass is 16.5. The van der Waals surface area contributed by atoms with Gasteiger partial charge in [-0.1, -0.05) is 18.2 Å². The second-order valence-corrected chi connectivity index (χ2v) is 5.17. The number of carboxylic acid groups (broad SMARTS) is 1. The first-order valence-corrected chi connectivity index (χ1v) is 6.69. The summed E-state index contributed by atoms with van der Waals surface area (Å²) in [5.74, 6) is -0.916. The standard InChI is InChI=1S/C15H20O4/c1-10-4-2-5-11(14(10)15(17)18)9-19-13-7-3-6-12(16)8-13/h2,4-5,12-13,16H,3,6-9H2,1H3,(H,17,18)/t12-,13+/m0/s1. The maximum atomic E-state index is 11.3. The molecule has 104 valence electrons. The molecule has 1 aliphatic rings. The fraction of sp³-hybridized carbons (Fsp3) is 0.533. The fourth-order valence-corrected chi connectivity index (χ4v) is 2.63. The molecule has 1 fully saturated rings. The summed E-state index contributed by atoms with van der Waals surface area (Å²) in [6.07, 6.45) is 3.14. The van der Waals surface area contributed by atoms with Crippen LogP contribution in [0, 0.1) is 6.92 Å². The van der Waals surface area contributed by atoms with Gasteiger partial charge < -0.3 is 14.9 Å². The molecule has 0 spiro atoms. The largest absolute Gasteiger partial charge is 0.478 e. The van der Waals surface area contributed by atoms with Crippen LogP contribution in [0.2, 0.25) is 0 Å². The van der Waals surface area contributed by atoms with E-state index in [-0.39, 0.29) is 12.2 Å². The van der Waals surface area contributed by atoms with Gasteiger partial charge in [-0.25, -0.2) is 4.79 Å². The molecular formula is C15H20O4. The Hall–Kier alpha value is -1.39. The van der Waals surface area contributed by atoms with Gasteiger partial charge >= 0.3 is 5.97 Å². The van der Waals surface area contributed by atoms with Crippen LogP contribution in [0.4, 0.5) is 0 Å². The lowest BCUT2D eigenvalue weighted by molar-refractivity contribution is -0.0231. The second kappa shape index (κ2) is 6.17. The van der Waals surface area contributed by atoms with Crippen LogP contribution in [0.25, 0.3) is 0 Å². The SMILES string of the molecule is Cc1cccc(CO[C@@H]2CCC[C@H](O)C2)c1C(=O)O. The van der Waals surface area contributed by atoms with E-state index in [1.165, 1.54) is 0 Å². The van der Waals surface area contributed by atoms with Crippen molar-refractivity contribution < 1.29 is 19.7 Å². The van der Waals surface area contributed by atoms with E-state index < -0.39 is 5.97 Å².